The van der Waals surface area contributed by atoms with Crippen molar-refractivity contribution in [1.82, 2.24) is 14.5 Å². The second-order valence-electron chi connectivity index (χ2n) is 4.48. The molecule has 19 heavy (non-hydrogen) atoms. The Hall–Kier alpha value is -1.88. The van der Waals surface area contributed by atoms with Crippen molar-refractivity contribution in [2.45, 2.75) is 19.9 Å². The van der Waals surface area contributed by atoms with Crippen LogP contribution in [0.25, 0.3) is 11.0 Å². The zero-order valence-corrected chi connectivity index (χ0v) is 11.7. The Morgan fingerprint density at radius 3 is 3.00 bits per heavy atom. The number of imidazole rings is 1. The van der Waals surface area contributed by atoms with Gasteiger partial charge in [0.2, 0.25) is 0 Å². The van der Waals surface area contributed by atoms with E-state index in [-0.39, 0.29) is 0 Å². The molecule has 0 atom stereocenters. The van der Waals surface area contributed by atoms with Gasteiger partial charge in [-0.15, -0.1) is 11.3 Å². The van der Waals surface area contributed by atoms with Gasteiger partial charge in [0.1, 0.15) is 0 Å². The first-order valence-corrected chi connectivity index (χ1v) is 7.21. The summed E-state index contributed by atoms with van der Waals surface area (Å²) in [6, 6.07) is 8.23. The van der Waals surface area contributed by atoms with Gasteiger partial charge in [0, 0.05) is 24.2 Å². The number of aromatic nitrogens is 3. The summed E-state index contributed by atoms with van der Waals surface area (Å²) in [6.45, 7) is 3.97. The number of para-hydroxylation sites is 2. The third-order valence-corrected chi connectivity index (χ3v) is 3.87. The van der Waals surface area contributed by atoms with Crippen LogP contribution in [0.5, 0.6) is 0 Å². The van der Waals surface area contributed by atoms with Crippen LogP contribution >= 0.6 is 11.3 Å². The molecule has 0 unspecified atom stereocenters. The number of thiazole rings is 1. The first kappa shape index (κ1) is 12.2. The lowest BCUT2D eigenvalue weighted by atomic mass is 10.3. The van der Waals surface area contributed by atoms with E-state index in [1.807, 2.05) is 24.7 Å². The van der Waals surface area contributed by atoms with Gasteiger partial charge in [-0.05, 0) is 25.5 Å². The first-order chi connectivity index (χ1) is 9.33. The number of fused-ring (bicyclic) bond motifs is 1. The highest BCUT2D eigenvalue weighted by Gasteiger charge is 2.01. The molecule has 0 fully saturated rings. The number of nitrogens with zero attached hydrogens (tertiary/aromatic N) is 3. The fourth-order valence-corrected chi connectivity index (χ4v) is 2.76. The zero-order valence-electron chi connectivity index (χ0n) is 10.8. The second-order valence-corrected chi connectivity index (χ2v) is 5.72. The number of nitrogens with one attached hydrogen (secondary N) is 1. The van der Waals surface area contributed by atoms with E-state index >= 15 is 0 Å². The minimum absolute atomic E-state index is 0.930. The fraction of sp³-hybridized carbons (Fsp3) is 0.286. The number of rotatable bonds is 5. The number of aryl methyl sites for hydroxylation is 2. The van der Waals surface area contributed by atoms with Crippen LogP contribution in [-0.4, -0.2) is 21.1 Å². The predicted molar refractivity (Wildman–Crippen MR) is 79.7 cm³/mol. The van der Waals surface area contributed by atoms with Gasteiger partial charge in [0.15, 0.2) is 5.13 Å². The highest BCUT2D eigenvalue weighted by Crippen LogP contribution is 2.16. The summed E-state index contributed by atoms with van der Waals surface area (Å²) in [5, 5.41) is 4.36. The molecule has 0 aliphatic heterocycles. The molecular formula is C14H16N4S. The molecule has 3 aromatic rings. The summed E-state index contributed by atoms with van der Waals surface area (Å²) in [5.41, 5.74) is 2.26. The van der Waals surface area contributed by atoms with Crippen LogP contribution in [0, 0.1) is 6.92 Å². The first-order valence-electron chi connectivity index (χ1n) is 6.39. The van der Waals surface area contributed by atoms with Gasteiger partial charge in [0.25, 0.3) is 0 Å². The Kier molecular flexibility index (Phi) is 3.46. The zero-order chi connectivity index (χ0) is 13.1. The van der Waals surface area contributed by atoms with Crippen molar-refractivity contribution in [1.29, 1.82) is 0 Å². The maximum atomic E-state index is 4.39. The molecule has 0 bridgehead atoms. The van der Waals surface area contributed by atoms with Crippen molar-refractivity contribution in [3.8, 4) is 0 Å². The van der Waals surface area contributed by atoms with Crippen LogP contribution in [0.15, 0.2) is 36.8 Å². The number of anilines is 1. The predicted octanol–water partition coefficient (Wildman–Crippen LogP) is 3.30. The summed E-state index contributed by atoms with van der Waals surface area (Å²) in [7, 11) is 0. The summed E-state index contributed by atoms with van der Waals surface area (Å²) < 4.78 is 2.20. The number of benzene rings is 1. The monoisotopic (exact) mass is 272 g/mol. The summed E-state index contributed by atoms with van der Waals surface area (Å²) in [6.07, 6.45) is 4.87. The van der Waals surface area contributed by atoms with Gasteiger partial charge in [-0.1, -0.05) is 12.1 Å². The highest BCUT2D eigenvalue weighted by atomic mass is 32.1. The normalized spacial score (nSPS) is 11.0. The minimum atomic E-state index is 0.930. The maximum absolute atomic E-state index is 4.39. The molecule has 0 saturated carbocycles. The molecule has 2 heterocycles. The topological polar surface area (TPSA) is 42.7 Å². The lowest BCUT2D eigenvalue weighted by Crippen LogP contribution is -2.05. The molecule has 0 spiro atoms. The minimum Gasteiger partial charge on any atom is -0.361 e. The Morgan fingerprint density at radius 2 is 2.16 bits per heavy atom. The Balaban J connectivity index is 1.55. The average molecular weight is 272 g/mol. The number of hydrogen-bond donors (Lipinski definition) is 1. The van der Waals surface area contributed by atoms with Crippen molar-refractivity contribution < 1.29 is 0 Å². The second kappa shape index (κ2) is 5.40. The van der Waals surface area contributed by atoms with E-state index in [1.54, 1.807) is 11.3 Å². The molecule has 5 heteroatoms. The number of hydrogen-bond acceptors (Lipinski definition) is 4. The average Bonchev–Trinajstić information content (AvgIpc) is 3.02. The quantitative estimate of drug-likeness (QED) is 0.725. The molecule has 0 aliphatic carbocycles. The molecule has 0 radical (unpaired) electrons. The molecule has 2 aromatic heterocycles. The molecular weight excluding hydrogens is 256 g/mol. The molecule has 4 nitrogen and oxygen atoms in total. The molecule has 0 saturated heterocycles. The van der Waals surface area contributed by atoms with E-state index in [1.165, 1.54) is 10.4 Å². The van der Waals surface area contributed by atoms with Crippen LogP contribution in [0.1, 0.15) is 11.3 Å². The van der Waals surface area contributed by atoms with E-state index in [4.69, 9.17) is 0 Å². The van der Waals surface area contributed by atoms with Crippen molar-refractivity contribution >= 4 is 27.5 Å². The standard InChI is InChI=1S/C14H16N4S/c1-11-9-16-14(19-11)15-7-4-8-18-10-17-12-5-2-3-6-13(12)18/h2-3,5-6,9-10H,4,7-8H2,1H3,(H,15,16). The molecule has 98 valence electrons. The van der Waals surface area contributed by atoms with Crippen LogP contribution in [0.3, 0.4) is 0 Å². The van der Waals surface area contributed by atoms with Gasteiger partial charge in [-0.25, -0.2) is 9.97 Å². The Bertz CT molecular complexity index is 671. The van der Waals surface area contributed by atoms with Crippen LogP contribution in [-0.2, 0) is 6.54 Å². The molecule has 1 N–H and O–H groups in total. The van der Waals surface area contributed by atoms with Crippen molar-refractivity contribution in [2.75, 3.05) is 11.9 Å². The SMILES string of the molecule is Cc1cnc(NCCCn2cnc3ccccc32)s1. The van der Waals surface area contributed by atoms with E-state index in [0.29, 0.717) is 0 Å². The molecule has 0 amide bonds. The van der Waals surface area contributed by atoms with Gasteiger partial charge < -0.3 is 9.88 Å². The van der Waals surface area contributed by atoms with Crippen LogP contribution < -0.4 is 5.32 Å². The highest BCUT2D eigenvalue weighted by molar-refractivity contribution is 7.15. The van der Waals surface area contributed by atoms with Gasteiger partial charge in [0.05, 0.1) is 17.4 Å². The lowest BCUT2D eigenvalue weighted by molar-refractivity contribution is 0.677. The molecule has 1 aromatic carbocycles. The molecule has 0 aliphatic rings. The third kappa shape index (κ3) is 2.76. The lowest BCUT2D eigenvalue weighted by Gasteiger charge is -2.05. The van der Waals surface area contributed by atoms with E-state index in [0.717, 1.165) is 30.2 Å². The van der Waals surface area contributed by atoms with Crippen molar-refractivity contribution in [3.63, 3.8) is 0 Å². The Morgan fingerprint density at radius 1 is 1.26 bits per heavy atom. The van der Waals surface area contributed by atoms with Crippen LogP contribution in [0.2, 0.25) is 0 Å². The van der Waals surface area contributed by atoms with Gasteiger partial charge in [-0.3, -0.25) is 0 Å². The third-order valence-electron chi connectivity index (χ3n) is 3.00. The fourth-order valence-electron chi connectivity index (χ4n) is 2.07. The maximum Gasteiger partial charge on any atom is 0.182 e. The Labute approximate surface area is 116 Å². The van der Waals surface area contributed by atoms with Crippen molar-refractivity contribution in [2.24, 2.45) is 0 Å². The smallest absolute Gasteiger partial charge is 0.182 e. The van der Waals surface area contributed by atoms with E-state index in [9.17, 15) is 0 Å². The van der Waals surface area contributed by atoms with E-state index < -0.39 is 0 Å². The van der Waals surface area contributed by atoms with E-state index in [2.05, 4.69) is 38.9 Å². The van der Waals surface area contributed by atoms with Gasteiger partial charge >= 0.3 is 0 Å². The summed E-state index contributed by atoms with van der Waals surface area (Å²) in [5.74, 6) is 0. The largest absolute Gasteiger partial charge is 0.361 e. The van der Waals surface area contributed by atoms with Crippen molar-refractivity contribution in [3.05, 3.63) is 41.7 Å². The molecule has 3 rings (SSSR count). The summed E-state index contributed by atoms with van der Waals surface area (Å²) >= 11 is 1.70. The summed E-state index contributed by atoms with van der Waals surface area (Å²) in [4.78, 5) is 9.92. The van der Waals surface area contributed by atoms with Gasteiger partial charge in [-0.2, -0.15) is 0 Å². The van der Waals surface area contributed by atoms with Crippen LogP contribution in [0.4, 0.5) is 5.13 Å².